The molecule has 3 rings (SSSR count). The van der Waals surface area contributed by atoms with Gasteiger partial charge in [0.05, 0.1) is 10.6 Å². The van der Waals surface area contributed by atoms with Crippen LogP contribution in [0.25, 0.3) is 0 Å². The third kappa shape index (κ3) is 5.21. The molecule has 0 bridgehead atoms. The topological polar surface area (TPSA) is 66.5 Å². The van der Waals surface area contributed by atoms with Crippen LogP contribution in [0.15, 0.2) is 65.6 Å². The fraction of sp³-hybridized carbons (Fsp3) is 0.174. The van der Waals surface area contributed by atoms with Crippen molar-refractivity contribution in [2.24, 2.45) is 0 Å². The van der Waals surface area contributed by atoms with Gasteiger partial charge in [0.25, 0.3) is 10.0 Å². The van der Waals surface area contributed by atoms with Gasteiger partial charge in [0.2, 0.25) is 5.91 Å². The molecule has 8 heteroatoms. The number of benzene rings is 3. The molecular formula is C23H22Cl2N2O3S. The quantitative estimate of drug-likeness (QED) is 0.492. The number of rotatable bonds is 6. The maximum atomic E-state index is 13.5. The van der Waals surface area contributed by atoms with Gasteiger partial charge in [-0.2, -0.15) is 0 Å². The molecule has 31 heavy (non-hydrogen) atoms. The summed E-state index contributed by atoms with van der Waals surface area (Å²) in [6.07, 6.45) is 0. The van der Waals surface area contributed by atoms with Gasteiger partial charge in [0.15, 0.2) is 0 Å². The molecule has 3 aromatic carbocycles. The molecule has 0 aliphatic rings. The van der Waals surface area contributed by atoms with E-state index >= 15 is 0 Å². The molecule has 0 spiro atoms. The highest BCUT2D eigenvalue weighted by atomic mass is 35.5. The SMILES string of the molecule is Cc1ccc(S(=O)(=O)N(CC(=O)Nc2ccc(Cl)cc2C)c2cccc(Cl)c2C)cc1. The third-order valence-electron chi connectivity index (χ3n) is 4.87. The maximum Gasteiger partial charge on any atom is 0.264 e. The van der Waals surface area contributed by atoms with E-state index in [0.29, 0.717) is 27.0 Å². The van der Waals surface area contributed by atoms with Gasteiger partial charge in [-0.05, 0) is 74.4 Å². The molecule has 0 saturated heterocycles. The number of sulfonamides is 1. The van der Waals surface area contributed by atoms with Crippen LogP contribution in [0.1, 0.15) is 16.7 Å². The number of halogens is 2. The predicted octanol–water partition coefficient (Wildman–Crippen LogP) is 5.75. The minimum Gasteiger partial charge on any atom is -0.324 e. The van der Waals surface area contributed by atoms with Crippen LogP contribution in [0, 0.1) is 20.8 Å². The summed E-state index contributed by atoms with van der Waals surface area (Å²) in [5, 5.41) is 3.73. The number of hydrogen-bond acceptors (Lipinski definition) is 3. The Kier molecular flexibility index (Phi) is 6.94. The summed E-state index contributed by atoms with van der Waals surface area (Å²) in [6, 6.07) is 16.5. The molecule has 0 radical (unpaired) electrons. The molecule has 1 N–H and O–H groups in total. The monoisotopic (exact) mass is 476 g/mol. The normalized spacial score (nSPS) is 11.3. The van der Waals surface area contributed by atoms with Gasteiger partial charge in [0, 0.05) is 15.7 Å². The molecule has 5 nitrogen and oxygen atoms in total. The van der Waals surface area contributed by atoms with Crippen LogP contribution < -0.4 is 9.62 Å². The summed E-state index contributed by atoms with van der Waals surface area (Å²) in [4.78, 5) is 13.0. The smallest absolute Gasteiger partial charge is 0.264 e. The van der Waals surface area contributed by atoms with Gasteiger partial charge < -0.3 is 5.32 Å². The Morgan fingerprint density at radius 1 is 0.968 bits per heavy atom. The highest BCUT2D eigenvalue weighted by Crippen LogP contribution is 2.31. The Morgan fingerprint density at radius 3 is 2.29 bits per heavy atom. The first kappa shape index (κ1) is 23.1. The lowest BCUT2D eigenvalue weighted by Crippen LogP contribution is -2.38. The summed E-state index contributed by atoms with van der Waals surface area (Å²) in [5.74, 6) is -0.486. The van der Waals surface area contributed by atoms with E-state index in [0.717, 1.165) is 15.4 Å². The van der Waals surface area contributed by atoms with E-state index in [1.807, 2.05) is 13.8 Å². The molecule has 1 amide bonds. The molecule has 0 fully saturated rings. The summed E-state index contributed by atoms with van der Waals surface area (Å²) in [6.45, 7) is 4.98. The molecule has 0 aromatic heterocycles. The first-order valence-corrected chi connectivity index (χ1v) is 11.7. The number of anilines is 2. The summed E-state index contributed by atoms with van der Waals surface area (Å²) in [7, 11) is -4.02. The van der Waals surface area contributed by atoms with Crippen molar-refractivity contribution in [3.63, 3.8) is 0 Å². The fourth-order valence-corrected chi connectivity index (χ4v) is 4.97. The molecule has 3 aromatic rings. The predicted molar refractivity (Wildman–Crippen MR) is 127 cm³/mol. The highest BCUT2D eigenvalue weighted by molar-refractivity contribution is 7.92. The first-order chi connectivity index (χ1) is 14.6. The zero-order chi connectivity index (χ0) is 22.8. The zero-order valence-corrected chi connectivity index (χ0v) is 19.6. The average Bonchev–Trinajstić information content (AvgIpc) is 2.71. The van der Waals surface area contributed by atoms with Gasteiger partial charge in [-0.15, -0.1) is 0 Å². The van der Waals surface area contributed by atoms with E-state index in [-0.39, 0.29) is 4.90 Å². The van der Waals surface area contributed by atoms with Crippen LogP contribution in [0.4, 0.5) is 11.4 Å². The van der Waals surface area contributed by atoms with Crippen LogP contribution in [0.5, 0.6) is 0 Å². The van der Waals surface area contributed by atoms with Crippen molar-refractivity contribution in [3.8, 4) is 0 Å². The van der Waals surface area contributed by atoms with E-state index in [4.69, 9.17) is 23.2 Å². The van der Waals surface area contributed by atoms with Crippen LogP contribution in [0.2, 0.25) is 10.0 Å². The van der Waals surface area contributed by atoms with Gasteiger partial charge in [0.1, 0.15) is 6.54 Å². The Bertz CT molecular complexity index is 1230. The number of nitrogens with one attached hydrogen (secondary N) is 1. The van der Waals surface area contributed by atoms with Crippen LogP contribution >= 0.6 is 23.2 Å². The van der Waals surface area contributed by atoms with E-state index in [1.165, 1.54) is 12.1 Å². The van der Waals surface area contributed by atoms with Crippen LogP contribution in [-0.2, 0) is 14.8 Å². The lowest BCUT2D eigenvalue weighted by molar-refractivity contribution is -0.114. The molecule has 162 valence electrons. The Hall–Kier alpha value is -2.54. The van der Waals surface area contributed by atoms with Crippen molar-refractivity contribution < 1.29 is 13.2 Å². The lowest BCUT2D eigenvalue weighted by atomic mass is 10.2. The number of carbonyl (C=O) groups is 1. The third-order valence-corrected chi connectivity index (χ3v) is 7.29. The van der Waals surface area contributed by atoms with Gasteiger partial charge >= 0.3 is 0 Å². The molecule has 0 heterocycles. The molecule has 0 atom stereocenters. The van der Waals surface area contributed by atoms with Crippen molar-refractivity contribution in [1.82, 2.24) is 0 Å². The van der Waals surface area contributed by atoms with Crippen molar-refractivity contribution in [1.29, 1.82) is 0 Å². The number of hydrogen-bond donors (Lipinski definition) is 1. The number of amides is 1. The van der Waals surface area contributed by atoms with Crippen LogP contribution in [0.3, 0.4) is 0 Å². The van der Waals surface area contributed by atoms with E-state index in [1.54, 1.807) is 55.5 Å². The van der Waals surface area contributed by atoms with E-state index in [2.05, 4.69) is 5.32 Å². The average molecular weight is 477 g/mol. The molecular weight excluding hydrogens is 455 g/mol. The van der Waals surface area contributed by atoms with Gasteiger partial charge in [-0.3, -0.25) is 9.10 Å². The van der Waals surface area contributed by atoms with Gasteiger partial charge in [-0.1, -0.05) is 47.0 Å². The number of carbonyl (C=O) groups excluding carboxylic acids is 1. The number of nitrogens with zero attached hydrogens (tertiary/aromatic N) is 1. The van der Waals surface area contributed by atoms with E-state index in [9.17, 15) is 13.2 Å². The zero-order valence-electron chi connectivity index (χ0n) is 17.3. The second-order valence-corrected chi connectivity index (χ2v) is 9.92. The summed E-state index contributed by atoms with van der Waals surface area (Å²) >= 11 is 12.2. The Morgan fingerprint density at radius 2 is 1.65 bits per heavy atom. The largest absolute Gasteiger partial charge is 0.324 e. The van der Waals surface area contributed by atoms with Crippen molar-refractivity contribution in [2.75, 3.05) is 16.2 Å². The highest BCUT2D eigenvalue weighted by Gasteiger charge is 2.29. The Balaban J connectivity index is 2.00. The summed E-state index contributed by atoms with van der Waals surface area (Å²) < 4.78 is 28.1. The minimum atomic E-state index is -4.02. The molecule has 0 saturated carbocycles. The standard InChI is InChI=1S/C23H22Cl2N2O3S/c1-15-7-10-19(11-8-15)31(29,30)27(22-6-4-5-20(25)17(22)3)14-23(28)26-21-12-9-18(24)13-16(21)2/h4-13H,14H2,1-3H3,(H,26,28). The minimum absolute atomic E-state index is 0.0907. The van der Waals surface area contributed by atoms with Crippen LogP contribution in [-0.4, -0.2) is 20.9 Å². The molecule has 0 unspecified atom stereocenters. The van der Waals surface area contributed by atoms with E-state index < -0.39 is 22.5 Å². The number of aryl methyl sites for hydroxylation is 2. The first-order valence-electron chi connectivity index (χ1n) is 9.50. The van der Waals surface area contributed by atoms with Crippen molar-refractivity contribution in [2.45, 2.75) is 25.7 Å². The second kappa shape index (κ2) is 9.30. The fourth-order valence-electron chi connectivity index (χ4n) is 3.09. The van der Waals surface area contributed by atoms with Crippen molar-refractivity contribution in [3.05, 3.63) is 87.4 Å². The second-order valence-electron chi connectivity index (χ2n) is 7.22. The Labute approximate surface area is 192 Å². The maximum absolute atomic E-state index is 13.5. The molecule has 0 aliphatic heterocycles. The summed E-state index contributed by atoms with van der Waals surface area (Å²) in [5.41, 5.74) is 3.17. The lowest BCUT2D eigenvalue weighted by Gasteiger charge is -2.26. The van der Waals surface area contributed by atoms with Crippen molar-refractivity contribution >= 4 is 50.5 Å². The van der Waals surface area contributed by atoms with Gasteiger partial charge in [-0.25, -0.2) is 8.42 Å². The molecule has 0 aliphatic carbocycles.